The predicted octanol–water partition coefficient (Wildman–Crippen LogP) is 4.28. The zero-order valence-corrected chi connectivity index (χ0v) is 15.8. The van der Waals surface area contributed by atoms with Crippen LogP contribution in [0.25, 0.3) is 0 Å². The molecule has 0 heterocycles. The van der Waals surface area contributed by atoms with Crippen LogP contribution in [0.2, 0.25) is 0 Å². The molecule has 0 N–H and O–H groups in total. The molecule has 0 aliphatic heterocycles. The van der Waals surface area contributed by atoms with Crippen LogP contribution in [0.15, 0.2) is 41.3 Å². The minimum Gasteiger partial charge on any atom is -0.493 e. The van der Waals surface area contributed by atoms with Crippen LogP contribution in [0.4, 0.5) is 26.3 Å². The molecule has 0 saturated carbocycles. The average molecular weight is 443 g/mol. The van der Waals surface area contributed by atoms with Crippen molar-refractivity contribution in [1.29, 1.82) is 0 Å². The summed E-state index contributed by atoms with van der Waals surface area (Å²) in [6.07, 6.45) is -5.08. The maximum atomic E-state index is 13.4. The Kier molecular flexibility index (Phi) is 6.68. The van der Waals surface area contributed by atoms with Gasteiger partial charge in [-0.3, -0.25) is 0 Å². The molecule has 12 heteroatoms. The maximum Gasteiger partial charge on any atom is 0.419 e. The van der Waals surface area contributed by atoms with E-state index in [2.05, 4.69) is 4.74 Å². The molecule has 0 amide bonds. The zero-order valence-electron chi connectivity index (χ0n) is 15.0. The number of hydrogen-bond donors (Lipinski definition) is 0. The van der Waals surface area contributed by atoms with Gasteiger partial charge in [0.05, 0.1) is 17.6 Å². The van der Waals surface area contributed by atoms with Crippen LogP contribution < -0.4 is 9.47 Å². The van der Waals surface area contributed by atoms with Crippen LogP contribution >= 0.6 is 0 Å². The molecule has 0 atom stereocenters. The Morgan fingerprint density at radius 3 is 2.28 bits per heavy atom. The lowest BCUT2D eigenvalue weighted by Gasteiger charge is -2.19. The summed E-state index contributed by atoms with van der Waals surface area (Å²) >= 11 is 0. The summed E-state index contributed by atoms with van der Waals surface area (Å²) in [5.74, 6) is -1.97. The molecule has 0 unspecified atom stereocenters. The topological polar surface area (TPSA) is 55.8 Å². The van der Waals surface area contributed by atoms with Gasteiger partial charge in [-0.15, -0.1) is 0 Å². The number of hydrogen-bond acceptors (Lipinski definition) is 4. The third-order valence-electron chi connectivity index (χ3n) is 3.80. The van der Waals surface area contributed by atoms with Gasteiger partial charge in [0.25, 0.3) is 0 Å². The smallest absolute Gasteiger partial charge is 0.419 e. The van der Waals surface area contributed by atoms with E-state index in [1.807, 2.05) is 0 Å². The van der Waals surface area contributed by atoms with Crippen molar-refractivity contribution >= 4 is 10.0 Å². The highest BCUT2D eigenvalue weighted by Gasteiger charge is 2.36. The molecule has 0 spiro atoms. The highest BCUT2D eigenvalue weighted by Crippen LogP contribution is 2.34. The van der Waals surface area contributed by atoms with Gasteiger partial charge in [0.1, 0.15) is 5.82 Å². The zero-order chi connectivity index (χ0) is 22.0. The van der Waals surface area contributed by atoms with Crippen LogP contribution in [0.1, 0.15) is 11.1 Å². The number of nitrogens with zero attached hydrogens (tertiary/aromatic N) is 1. The number of methoxy groups -OCH3 is 1. The Balaban J connectivity index is 2.34. The number of ether oxygens (including phenoxy) is 2. The number of sulfonamides is 1. The Bertz CT molecular complexity index is 978. The lowest BCUT2D eigenvalue weighted by atomic mass is 10.2. The fourth-order valence-corrected chi connectivity index (χ4v) is 3.60. The van der Waals surface area contributed by atoms with Gasteiger partial charge in [-0.1, -0.05) is 6.07 Å². The molecule has 160 valence electrons. The largest absolute Gasteiger partial charge is 0.493 e. The second kappa shape index (κ2) is 8.49. The summed E-state index contributed by atoms with van der Waals surface area (Å²) in [5.41, 5.74) is -1.52. The predicted molar refractivity (Wildman–Crippen MR) is 89.7 cm³/mol. The van der Waals surface area contributed by atoms with Crippen molar-refractivity contribution in [2.45, 2.75) is 24.2 Å². The molecule has 0 bridgehead atoms. The molecule has 29 heavy (non-hydrogen) atoms. The van der Waals surface area contributed by atoms with E-state index in [0.717, 1.165) is 13.1 Å². The van der Waals surface area contributed by atoms with Crippen LogP contribution in [0.5, 0.6) is 11.5 Å². The van der Waals surface area contributed by atoms with E-state index in [-0.39, 0.29) is 29.7 Å². The molecule has 0 fully saturated rings. The van der Waals surface area contributed by atoms with Gasteiger partial charge in [0, 0.05) is 13.6 Å². The van der Waals surface area contributed by atoms with Crippen LogP contribution in [0.3, 0.4) is 0 Å². The fraction of sp³-hybridized carbons (Fsp3) is 0.294. The Morgan fingerprint density at radius 2 is 1.72 bits per heavy atom. The highest BCUT2D eigenvalue weighted by atomic mass is 32.2. The monoisotopic (exact) mass is 443 g/mol. The molecule has 2 rings (SSSR count). The molecule has 2 aromatic rings. The summed E-state index contributed by atoms with van der Waals surface area (Å²) in [7, 11) is -2.15. The van der Waals surface area contributed by atoms with E-state index in [9.17, 15) is 34.8 Å². The van der Waals surface area contributed by atoms with Crippen molar-refractivity contribution in [3.63, 3.8) is 0 Å². The fourth-order valence-electron chi connectivity index (χ4n) is 2.41. The van der Waals surface area contributed by atoms with Gasteiger partial charge in [-0.2, -0.15) is 26.3 Å². The van der Waals surface area contributed by atoms with E-state index in [1.165, 1.54) is 19.2 Å². The maximum absolute atomic E-state index is 13.4. The minimum absolute atomic E-state index is 0.0205. The van der Waals surface area contributed by atoms with Crippen molar-refractivity contribution in [2.75, 3.05) is 14.2 Å². The number of benzene rings is 2. The minimum atomic E-state index is -5.08. The van der Waals surface area contributed by atoms with E-state index in [1.54, 1.807) is 0 Å². The van der Waals surface area contributed by atoms with Crippen LogP contribution in [-0.4, -0.2) is 33.5 Å². The molecule has 0 aliphatic carbocycles. The van der Waals surface area contributed by atoms with Gasteiger partial charge in [0.2, 0.25) is 10.0 Å². The van der Waals surface area contributed by atoms with Gasteiger partial charge in [-0.05, 0) is 35.9 Å². The SMILES string of the molecule is COc1ccc(CN(C)S(=O)(=O)c2ccc(F)c(C(F)(F)F)c2)cc1OC(F)F. The first-order chi connectivity index (χ1) is 13.4. The highest BCUT2D eigenvalue weighted by molar-refractivity contribution is 7.89. The molecular weight excluding hydrogens is 428 g/mol. The van der Waals surface area contributed by atoms with Gasteiger partial charge in [0.15, 0.2) is 11.5 Å². The molecule has 2 aromatic carbocycles. The molecule has 0 aromatic heterocycles. The summed E-state index contributed by atoms with van der Waals surface area (Å²) < 4.78 is 112. The molecule has 0 aliphatic rings. The Hall–Kier alpha value is -2.47. The molecule has 5 nitrogen and oxygen atoms in total. The molecular formula is C17H15F6NO4S. The summed E-state index contributed by atoms with van der Waals surface area (Å²) in [5, 5.41) is 0. The van der Waals surface area contributed by atoms with Crippen molar-refractivity contribution < 1.29 is 44.2 Å². The van der Waals surface area contributed by atoms with Crippen LogP contribution in [0, 0.1) is 5.82 Å². The summed E-state index contributed by atoms with van der Waals surface area (Å²) in [6, 6.07) is 5.06. The lowest BCUT2D eigenvalue weighted by molar-refractivity contribution is -0.140. The standard InChI is InChI=1S/C17H15F6NO4S/c1-24(9-10-3-6-14(27-2)15(7-10)28-16(19)20)29(25,26)11-4-5-13(18)12(8-11)17(21,22)23/h3-8,16H,9H2,1-2H3. The van der Waals surface area contributed by atoms with Gasteiger partial charge in [-0.25, -0.2) is 12.8 Å². The first-order valence-corrected chi connectivity index (χ1v) is 9.25. The van der Waals surface area contributed by atoms with Crippen molar-refractivity contribution in [3.05, 3.63) is 53.3 Å². The molecule has 0 radical (unpaired) electrons. The summed E-state index contributed by atoms with van der Waals surface area (Å²) in [4.78, 5) is -0.772. The number of alkyl halides is 5. The van der Waals surface area contributed by atoms with Crippen LogP contribution in [-0.2, 0) is 22.7 Å². The average Bonchev–Trinajstić information content (AvgIpc) is 2.60. The second-order valence-corrected chi connectivity index (χ2v) is 7.81. The molecule has 0 saturated heterocycles. The lowest BCUT2D eigenvalue weighted by Crippen LogP contribution is -2.27. The number of rotatable bonds is 7. The Morgan fingerprint density at radius 1 is 1.07 bits per heavy atom. The van der Waals surface area contributed by atoms with Gasteiger partial charge < -0.3 is 9.47 Å². The quantitative estimate of drug-likeness (QED) is 0.600. The van der Waals surface area contributed by atoms with E-state index in [4.69, 9.17) is 4.74 Å². The van der Waals surface area contributed by atoms with Gasteiger partial charge >= 0.3 is 12.8 Å². The van der Waals surface area contributed by atoms with E-state index >= 15 is 0 Å². The summed E-state index contributed by atoms with van der Waals surface area (Å²) in [6.45, 7) is -3.54. The Labute approximate surface area is 162 Å². The second-order valence-electron chi connectivity index (χ2n) is 5.76. The van der Waals surface area contributed by atoms with E-state index < -0.39 is 39.1 Å². The normalized spacial score (nSPS) is 12.5. The van der Waals surface area contributed by atoms with Crippen molar-refractivity contribution in [3.8, 4) is 11.5 Å². The van der Waals surface area contributed by atoms with Crippen molar-refractivity contribution in [2.24, 2.45) is 0 Å². The number of halogens is 6. The first kappa shape index (κ1) is 22.8. The third-order valence-corrected chi connectivity index (χ3v) is 5.60. The van der Waals surface area contributed by atoms with Crippen molar-refractivity contribution in [1.82, 2.24) is 4.31 Å². The third kappa shape index (κ3) is 5.32. The van der Waals surface area contributed by atoms with E-state index in [0.29, 0.717) is 16.4 Å². The first-order valence-electron chi connectivity index (χ1n) is 7.81.